The van der Waals surface area contributed by atoms with Crippen LogP contribution in [-0.4, -0.2) is 0 Å². The van der Waals surface area contributed by atoms with E-state index in [1.807, 2.05) is 0 Å². The average molecular weight is 275 g/mol. The zero-order valence-corrected chi connectivity index (χ0v) is 10.9. The Balaban J connectivity index is 1.86. The van der Waals surface area contributed by atoms with Gasteiger partial charge in [-0.25, -0.2) is 0 Å². The maximum Gasteiger partial charge on any atom is 0.0175 e. The molecule has 0 N–H and O–H groups in total. The van der Waals surface area contributed by atoms with E-state index in [1.165, 1.54) is 43.2 Å². The normalized spacial score (nSPS) is 19.7. The van der Waals surface area contributed by atoms with E-state index in [1.54, 1.807) is 11.1 Å². The highest BCUT2D eigenvalue weighted by Crippen LogP contribution is 2.39. The molecule has 2 aliphatic rings. The fourth-order valence-electron chi connectivity index (χ4n) is 2.71. The van der Waals surface area contributed by atoms with Crippen molar-refractivity contribution in [2.75, 3.05) is 0 Å². The summed E-state index contributed by atoms with van der Waals surface area (Å²) < 4.78 is 1.16. The largest absolute Gasteiger partial charge is 0.0626 e. The predicted molar refractivity (Wildman–Crippen MR) is 72.2 cm³/mol. The van der Waals surface area contributed by atoms with E-state index >= 15 is 0 Å². The summed E-state index contributed by atoms with van der Waals surface area (Å²) in [6.07, 6.45) is 9.01. The lowest BCUT2D eigenvalue weighted by molar-refractivity contribution is 0.681. The van der Waals surface area contributed by atoms with E-state index in [0.717, 1.165) is 4.47 Å². The number of hydrogen-bond acceptors (Lipinski definition) is 0. The molecule has 0 aliphatic heterocycles. The first-order valence-electron chi connectivity index (χ1n) is 6.00. The maximum absolute atomic E-state index is 3.49. The predicted octanol–water partition coefficient (Wildman–Crippen LogP) is 5.11. The van der Waals surface area contributed by atoms with Gasteiger partial charge in [-0.3, -0.25) is 0 Å². The summed E-state index contributed by atoms with van der Waals surface area (Å²) in [5, 5.41) is 0. The van der Waals surface area contributed by atoms with Crippen LogP contribution in [0.15, 0.2) is 46.0 Å². The standard InChI is InChI=1S/C15H15Br/c16-15-7-5-11(6-8-15)14-9-12-3-1-2-4-13(12)10-14/h5-9H,1-4,10H2. The van der Waals surface area contributed by atoms with Gasteiger partial charge >= 0.3 is 0 Å². The van der Waals surface area contributed by atoms with Gasteiger partial charge in [0.1, 0.15) is 0 Å². The van der Waals surface area contributed by atoms with Crippen molar-refractivity contribution < 1.29 is 0 Å². The third-order valence-electron chi connectivity index (χ3n) is 3.60. The van der Waals surface area contributed by atoms with Crippen LogP contribution in [0.4, 0.5) is 0 Å². The summed E-state index contributed by atoms with van der Waals surface area (Å²) in [5.74, 6) is 0. The fourth-order valence-corrected chi connectivity index (χ4v) is 2.97. The van der Waals surface area contributed by atoms with Crippen molar-refractivity contribution in [2.45, 2.75) is 32.1 Å². The Morgan fingerprint density at radius 1 is 0.938 bits per heavy atom. The van der Waals surface area contributed by atoms with Gasteiger partial charge in [0.25, 0.3) is 0 Å². The van der Waals surface area contributed by atoms with Crippen LogP contribution in [0.3, 0.4) is 0 Å². The minimum Gasteiger partial charge on any atom is -0.0626 e. The second-order valence-electron chi connectivity index (χ2n) is 4.69. The summed E-state index contributed by atoms with van der Waals surface area (Å²) in [6, 6.07) is 8.70. The Morgan fingerprint density at radius 2 is 1.69 bits per heavy atom. The Hall–Kier alpha value is -0.820. The molecule has 2 aliphatic carbocycles. The van der Waals surface area contributed by atoms with Crippen molar-refractivity contribution in [3.8, 4) is 0 Å². The van der Waals surface area contributed by atoms with Crippen LogP contribution in [0.25, 0.3) is 5.57 Å². The van der Waals surface area contributed by atoms with Gasteiger partial charge in [0.15, 0.2) is 0 Å². The molecule has 1 heteroatoms. The molecular formula is C15H15Br. The number of halogens is 1. The summed E-state index contributed by atoms with van der Waals surface area (Å²) in [4.78, 5) is 0. The molecule has 0 saturated carbocycles. The topological polar surface area (TPSA) is 0 Å². The molecule has 0 atom stereocenters. The molecule has 0 amide bonds. The molecule has 0 heterocycles. The van der Waals surface area contributed by atoms with E-state index in [0.29, 0.717) is 0 Å². The van der Waals surface area contributed by atoms with Gasteiger partial charge < -0.3 is 0 Å². The second kappa shape index (κ2) is 4.21. The van der Waals surface area contributed by atoms with E-state index < -0.39 is 0 Å². The van der Waals surface area contributed by atoms with Crippen LogP contribution in [0, 0.1) is 0 Å². The third-order valence-corrected chi connectivity index (χ3v) is 4.12. The molecule has 0 spiro atoms. The number of allylic oxidation sites excluding steroid dienone is 4. The van der Waals surface area contributed by atoms with E-state index in [2.05, 4.69) is 46.3 Å². The van der Waals surface area contributed by atoms with Crippen molar-refractivity contribution in [1.82, 2.24) is 0 Å². The quantitative estimate of drug-likeness (QED) is 0.668. The molecule has 3 rings (SSSR count). The molecule has 82 valence electrons. The lowest BCUT2D eigenvalue weighted by Gasteiger charge is -2.12. The Kier molecular flexibility index (Phi) is 2.72. The van der Waals surface area contributed by atoms with Crippen molar-refractivity contribution in [3.05, 3.63) is 51.5 Å². The highest BCUT2D eigenvalue weighted by atomic mass is 79.9. The van der Waals surface area contributed by atoms with Crippen LogP contribution in [0.5, 0.6) is 0 Å². The van der Waals surface area contributed by atoms with Crippen LogP contribution >= 0.6 is 15.9 Å². The lowest BCUT2D eigenvalue weighted by Crippen LogP contribution is -1.93. The Labute approximate surface area is 105 Å². The minimum absolute atomic E-state index is 1.16. The highest BCUT2D eigenvalue weighted by Gasteiger charge is 2.19. The zero-order valence-electron chi connectivity index (χ0n) is 9.30. The van der Waals surface area contributed by atoms with E-state index in [9.17, 15) is 0 Å². The van der Waals surface area contributed by atoms with Gasteiger partial charge in [0.05, 0.1) is 0 Å². The van der Waals surface area contributed by atoms with Gasteiger partial charge in [-0.15, -0.1) is 0 Å². The Morgan fingerprint density at radius 3 is 2.44 bits per heavy atom. The summed E-state index contributed by atoms with van der Waals surface area (Å²) in [5.41, 5.74) is 6.23. The molecule has 1 aromatic rings. The van der Waals surface area contributed by atoms with Crippen molar-refractivity contribution >= 4 is 21.5 Å². The van der Waals surface area contributed by atoms with E-state index in [4.69, 9.17) is 0 Å². The fraction of sp³-hybridized carbons (Fsp3) is 0.333. The summed E-state index contributed by atoms with van der Waals surface area (Å²) >= 11 is 3.49. The van der Waals surface area contributed by atoms with Crippen molar-refractivity contribution in [3.63, 3.8) is 0 Å². The van der Waals surface area contributed by atoms with Gasteiger partial charge in [0, 0.05) is 4.47 Å². The molecule has 0 nitrogen and oxygen atoms in total. The molecular weight excluding hydrogens is 260 g/mol. The SMILES string of the molecule is Brc1ccc(C2=CC3=C(CCCC3)C2)cc1. The first-order chi connectivity index (χ1) is 7.83. The molecule has 0 radical (unpaired) electrons. The van der Waals surface area contributed by atoms with Gasteiger partial charge in [-0.1, -0.05) is 39.7 Å². The van der Waals surface area contributed by atoms with Crippen LogP contribution in [0.1, 0.15) is 37.7 Å². The van der Waals surface area contributed by atoms with Crippen LogP contribution in [0.2, 0.25) is 0 Å². The Bertz CT molecular complexity index is 463. The molecule has 0 bridgehead atoms. The molecule has 0 saturated heterocycles. The number of rotatable bonds is 1. The average Bonchev–Trinajstić information content (AvgIpc) is 2.73. The number of hydrogen-bond donors (Lipinski definition) is 0. The number of benzene rings is 1. The van der Waals surface area contributed by atoms with Crippen LogP contribution in [-0.2, 0) is 0 Å². The summed E-state index contributed by atoms with van der Waals surface area (Å²) in [7, 11) is 0. The van der Waals surface area contributed by atoms with Gasteiger partial charge in [-0.2, -0.15) is 0 Å². The highest BCUT2D eigenvalue weighted by molar-refractivity contribution is 9.10. The lowest BCUT2D eigenvalue weighted by atomic mass is 9.93. The minimum atomic E-state index is 1.16. The molecule has 16 heavy (non-hydrogen) atoms. The van der Waals surface area contributed by atoms with Crippen LogP contribution < -0.4 is 0 Å². The van der Waals surface area contributed by atoms with Crippen molar-refractivity contribution in [2.24, 2.45) is 0 Å². The monoisotopic (exact) mass is 274 g/mol. The zero-order chi connectivity index (χ0) is 11.0. The molecule has 0 aromatic heterocycles. The molecule has 0 unspecified atom stereocenters. The van der Waals surface area contributed by atoms with Gasteiger partial charge in [0.2, 0.25) is 0 Å². The molecule has 0 fully saturated rings. The first kappa shape index (κ1) is 10.3. The third kappa shape index (κ3) is 1.89. The van der Waals surface area contributed by atoms with Crippen molar-refractivity contribution in [1.29, 1.82) is 0 Å². The molecule has 1 aromatic carbocycles. The smallest absolute Gasteiger partial charge is 0.0175 e. The first-order valence-corrected chi connectivity index (χ1v) is 6.79. The second-order valence-corrected chi connectivity index (χ2v) is 5.60. The summed E-state index contributed by atoms with van der Waals surface area (Å²) in [6.45, 7) is 0. The maximum atomic E-state index is 3.49. The van der Waals surface area contributed by atoms with Gasteiger partial charge in [-0.05, 0) is 60.9 Å². The van der Waals surface area contributed by atoms with E-state index in [-0.39, 0.29) is 0 Å².